The maximum Gasteiger partial charge on any atom is 0.265 e. The number of carbonyl (C=O) groups is 2. The number of ether oxygens (including phenoxy) is 1. The predicted molar refractivity (Wildman–Crippen MR) is 114 cm³/mol. The first-order valence-electron chi connectivity index (χ1n) is 9.57. The highest BCUT2D eigenvalue weighted by molar-refractivity contribution is 6.30. The maximum atomic E-state index is 12.8. The van der Waals surface area contributed by atoms with E-state index in [1.165, 1.54) is 0 Å². The highest BCUT2D eigenvalue weighted by atomic mass is 35.5. The smallest absolute Gasteiger partial charge is 0.265 e. The van der Waals surface area contributed by atoms with Gasteiger partial charge >= 0.3 is 0 Å². The Kier molecular flexibility index (Phi) is 5.72. The summed E-state index contributed by atoms with van der Waals surface area (Å²) in [5.41, 5.74) is 1.55. The number of halogens is 1. The highest BCUT2D eigenvalue weighted by Crippen LogP contribution is 2.31. The standard InChI is InChI=1S/C22H21ClN4O3/c1-26-13-11-24-22(26)21(15-6-8-16(23)9-7-15)25-19(28)10-12-27-17-4-2-3-5-18(17)30-14-20(27)29/h2-9,11,13,21H,10,12,14H2,1H3,(H,25,28). The summed E-state index contributed by atoms with van der Waals surface area (Å²) >= 11 is 6.01. The Morgan fingerprint density at radius 1 is 1.23 bits per heavy atom. The van der Waals surface area contributed by atoms with Gasteiger partial charge in [0, 0.05) is 37.4 Å². The topological polar surface area (TPSA) is 76.5 Å². The third kappa shape index (κ3) is 4.16. The minimum absolute atomic E-state index is 0.0285. The Labute approximate surface area is 179 Å². The molecule has 2 amide bonds. The zero-order valence-corrected chi connectivity index (χ0v) is 17.2. The Morgan fingerprint density at radius 3 is 2.73 bits per heavy atom. The van der Waals surface area contributed by atoms with Gasteiger partial charge in [0.25, 0.3) is 5.91 Å². The Balaban J connectivity index is 1.49. The summed E-state index contributed by atoms with van der Waals surface area (Å²) in [6, 6.07) is 14.2. The van der Waals surface area contributed by atoms with Crippen molar-refractivity contribution in [3.05, 3.63) is 77.3 Å². The van der Waals surface area contributed by atoms with E-state index in [9.17, 15) is 9.59 Å². The first-order valence-corrected chi connectivity index (χ1v) is 9.95. The van der Waals surface area contributed by atoms with E-state index < -0.39 is 6.04 Å². The molecule has 1 unspecified atom stereocenters. The molecule has 1 aliphatic heterocycles. The number of carbonyl (C=O) groups excluding carboxylic acids is 2. The summed E-state index contributed by atoms with van der Waals surface area (Å²) in [6.07, 6.45) is 3.66. The van der Waals surface area contributed by atoms with Crippen LogP contribution in [-0.4, -0.2) is 34.5 Å². The molecule has 0 saturated carbocycles. The van der Waals surface area contributed by atoms with Crippen LogP contribution < -0.4 is 15.0 Å². The molecule has 0 bridgehead atoms. The second kappa shape index (κ2) is 8.59. The van der Waals surface area contributed by atoms with Gasteiger partial charge in [-0.05, 0) is 29.8 Å². The summed E-state index contributed by atoms with van der Waals surface area (Å²) in [5, 5.41) is 3.66. The van der Waals surface area contributed by atoms with Gasteiger partial charge in [0.05, 0.1) is 5.69 Å². The van der Waals surface area contributed by atoms with Gasteiger partial charge in [-0.15, -0.1) is 0 Å². The molecule has 0 fully saturated rings. The molecule has 154 valence electrons. The number of rotatable bonds is 6. The highest BCUT2D eigenvalue weighted by Gasteiger charge is 2.26. The SMILES string of the molecule is Cn1ccnc1C(NC(=O)CCN1C(=O)COc2ccccc21)c1ccc(Cl)cc1. The summed E-state index contributed by atoms with van der Waals surface area (Å²) < 4.78 is 7.32. The molecule has 4 rings (SSSR count). The van der Waals surface area contributed by atoms with Gasteiger partial charge in [-0.3, -0.25) is 9.59 Å². The van der Waals surface area contributed by atoms with Gasteiger partial charge < -0.3 is 19.5 Å². The van der Waals surface area contributed by atoms with Gasteiger partial charge in [-0.2, -0.15) is 0 Å². The summed E-state index contributed by atoms with van der Waals surface area (Å²) in [6.45, 7) is 0.234. The zero-order valence-electron chi connectivity index (χ0n) is 16.4. The third-order valence-electron chi connectivity index (χ3n) is 5.00. The van der Waals surface area contributed by atoms with Crippen LogP contribution in [-0.2, 0) is 16.6 Å². The van der Waals surface area contributed by atoms with Gasteiger partial charge in [-0.1, -0.05) is 35.9 Å². The summed E-state index contributed by atoms with van der Waals surface area (Å²) in [7, 11) is 1.88. The lowest BCUT2D eigenvalue weighted by Gasteiger charge is -2.29. The fourth-order valence-electron chi connectivity index (χ4n) is 3.45. The number of anilines is 1. The number of para-hydroxylation sites is 2. The van der Waals surface area contributed by atoms with E-state index in [1.54, 1.807) is 23.2 Å². The lowest BCUT2D eigenvalue weighted by atomic mass is 10.1. The molecule has 0 radical (unpaired) electrons. The van der Waals surface area contributed by atoms with Crippen LogP contribution in [0.25, 0.3) is 0 Å². The summed E-state index contributed by atoms with van der Waals surface area (Å²) in [5.74, 6) is 0.998. The number of fused-ring (bicyclic) bond motifs is 1. The fourth-order valence-corrected chi connectivity index (χ4v) is 3.58. The molecule has 7 nitrogen and oxygen atoms in total. The second-order valence-corrected chi connectivity index (χ2v) is 7.44. The Hall–Kier alpha value is -3.32. The van der Waals surface area contributed by atoms with Crippen molar-refractivity contribution in [3.8, 4) is 5.75 Å². The predicted octanol–water partition coefficient (Wildman–Crippen LogP) is 3.09. The molecule has 3 aromatic rings. The molecule has 1 aromatic heterocycles. The van der Waals surface area contributed by atoms with Crippen LogP contribution in [0, 0.1) is 0 Å². The molecule has 1 N–H and O–H groups in total. The number of aromatic nitrogens is 2. The third-order valence-corrected chi connectivity index (χ3v) is 5.25. The van der Waals surface area contributed by atoms with Crippen LogP contribution in [0.15, 0.2) is 60.9 Å². The molecule has 0 spiro atoms. The zero-order chi connectivity index (χ0) is 21.1. The number of nitrogens with one attached hydrogen (secondary N) is 1. The molecular formula is C22H21ClN4O3. The monoisotopic (exact) mass is 424 g/mol. The number of nitrogens with zero attached hydrogens (tertiary/aromatic N) is 3. The number of hydrogen-bond donors (Lipinski definition) is 1. The van der Waals surface area contributed by atoms with Crippen molar-refractivity contribution in [2.75, 3.05) is 18.1 Å². The van der Waals surface area contributed by atoms with Gasteiger partial charge in [-0.25, -0.2) is 4.98 Å². The van der Waals surface area contributed by atoms with Crippen molar-refractivity contribution in [3.63, 3.8) is 0 Å². The van der Waals surface area contributed by atoms with Gasteiger partial charge in [0.2, 0.25) is 5.91 Å². The molecule has 0 saturated heterocycles. The van der Waals surface area contributed by atoms with Crippen LogP contribution in [0.5, 0.6) is 5.75 Å². The molecule has 2 heterocycles. The fraction of sp³-hybridized carbons (Fsp3) is 0.227. The van der Waals surface area contributed by atoms with E-state index in [2.05, 4.69) is 10.3 Å². The lowest BCUT2D eigenvalue weighted by molar-refractivity contribution is -0.122. The molecule has 2 aromatic carbocycles. The molecule has 1 aliphatic rings. The van der Waals surface area contributed by atoms with Crippen molar-refractivity contribution in [1.29, 1.82) is 0 Å². The number of imidazole rings is 1. The van der Waals surface area contributed by atoms with Gasteiger partial charge in [0.1, 0.15) is 17.6 Å². The molecule has 30 heavy (non-hydrogen) atoms. The molecule has 8 heteroatoms. The number of aryl methyl sites for hydroxylation is 1. The van der Waals surface area contributed by atoms with Crippen LogP contribution >= 0.6 is 11.6 Å². The van der Waals surface area contributed by atoms with Crippen molar-refractivity contribution in [2.24, 2.45) is 7.05 Å². The first kappa shape index (κ1) is 20.0. The Morgan fingerprint density at radius 2 is 2.00 bits per heavy atom. The number of benzene rings is 2. The van der Waals surface area contributed by atoms with Crippen molar-refractivity contribution in [1.82, 2.24) is 14.9 Å². The minimum Gasteiger partial charge on any atom is -0.482 e. The molecular weight excluding hydrogens is 404 g/mol. The normalized spacial score (nSPS) is 14.1. The molecule has 1 atom stereocenters. The van der Waals surface area contributed by atoms with E-state index in [0.717, 1.165) is 5.56 Å². The number of amides is 2. The second-order valence-electron chi connectivity index (χ2n) is 7.00. The van der Waals surface area contributed by atoms with E-state index >= 15 is 0 Å². The van der Waals surface area contributed by atoms with Crippen LogP contribution in [0.2, 0.25) is 5.02 Å². The summed E-state index contributed by atoms with van der Waals surface area (Å²) in [4.78, 5) is 31.1. The average molecular weight is 425 g/mol. The lowest BCUT2D eigenvalue weighted by Crippen LogP contribution is -2.41. The van der Waals surface area contributed by atoms with Gasteiger partial charge in [0.15, 0.2) is 6.61 Å². The van der Waals surface area contributed by atoms with Crippen molar-refractivity contribution >= 4 is 29.1 Å². The quantitative estimate of drug-likeness (QED) is 0.659. The van der Waals surface area contributed by atoms with Crippen molar-refractivity contribution in [2.45, 2.75) is 12.5 Å². The maximum absolute atomic E-state index is 12.8. The van der Waals surface area contributed by atoms with Crippen LogP contribution in [0.4, 0.5) is 5.69 Å². The largest absolute Gasteiger partial charge is 0.482 e. The molecule has 0 aliphatic carbocycles. The Bertz CT molecular complexity index is 1060. The minimum atomic E-state index is -0.428. The van der Waals surface area contributed by atoms with Crippen LogP contribution in [0.3, 0.4) is 0 Å². The van der Waals surface area contributed by atoms with E-state index in [1.807, 2.05) is 54.2 Å². The number of hydrogen-bond acceptors (Lipinski definition) is 4. The first-order chi connectivity index (χ1) is 14.5. The van der Waals surface area contributed by atoms with Crippen molar-refractivity contribution < 1.29 is 14.3 Å². The van der Waals surface area contributed by atoms with E-state index in [0.29, 0.717) is 22.3 Å². The average Bonchev–Trinajstić information content (AvgIpc) is 3.17. The van der Waals surface area contributed by atoms with E-state index in [-0.39, 0.29) is 31.4 Å². The van der Waals surface area contributed by atoms with E-state index in [4.69, 9.17) is 16.3 Å². The van der Waals surface area contributed by atoms with Crippen LogP contribution in [0.1, 0.15) is 23.9 Å².